The molecule has 0 aliphatic rings. The lowest BCUT2D eigenvalue weighted by Gasteiger charge is -2.18. The average Bonchev–Trinajstić information content (AvgIpc) is 2.09. The van der Waals surface area contributed by atoms with Gasteiger partial charge in [0.2, 0.25) is 0 Å². The van der Waals surface area contributed by atoms with Crippen molar-refractivity contribution in [2.24, 2.45) is 5.92 Å². The highest BCUT2D eigenvalue weighted by Gasteiger charge is 2.19. The monoisotopic (exact) mass is 202 g/mol. The second-order valence-corrected chi connectivity index (χ2v) is 4.11. The topological polar surface area (TPSA) is 35.5 Å². The Bertz CT molecular complexity index is 164. The van der Waals surface area contributed by atoms with Gasteiger partial charge in [0, 0.05) is 0 Å². The highest BCUT2D eigenvalue weighted by atomic mass is 16.6. The SMILES string of the molecule is CCC(OC(C)C)C(=O)OCC(C)C. The Morgan fingerprint density at radius 2 is 1.79 bits per heavy atom. The molecule has 0 aliphatic heterocycles. The lowest BCUT2D eigenvalue weighted by molar-refractivity contribution is -0.161. The Morgan fingerprint density at radius 3 is 2.14 bits per heavy atom. The quantitative estimate of drug-likeness (QED) is 0.620. The van der Waals surface area contributed by atoms with Gasteiger partial charge in [0.15, 0.2) is 6.10 Å². The van der Waals surface area contributed by atoms with Crippen molar-refractivity contribution in [2.45, 2.75) is 53.2 Å². The molecule has 0 aromatic heterocycles. The highest BCUT2D eigenvalue weighted by Crippen LogP contribution is 2.06. The average molecular weight is 202 g/mol. The standard InChI is InChI=1S/C11H22O3/c1-6-10(14-9(4)5)11(12)13-7-8(2)3/h8-10H,6-7H2,1-5H3. The van der Waals surface area contributed by atoms with Gasteiger partial charge in [0.25, 0.3) is 0 Å². The van der Waals surface area contributed by atoms with E-state index in [2.05, 4.69) is 0 Å². The zero-order valence-electron chi connectivity index (χ0n) is 9.87. The van der Waals surface area contributed by atoms with E-state index in [1.165, 1.54) is 0 Å². The van der Waals surface area contributed by atoms with Gasteiger partial charge in [-0.2, -0.15) is 0 Å². The van der Waals surface area contributed by atoms with Gasteiger partial charge in [-0.15, -0.1) is 0 Å². The van der Waals surface area contributed by atoms with E-state index in [0.717, 1.165) is 0 Å². The number of rotatable bonds is 6. The van der Waals surface area contributed by atoms with Crippen molar-refractivity contribution in [1.82, 2.24) is 0 Å². The van der Waals surface area contributed by atoms with Gasteiger partial charge in [0.1, 0.15) is 0 Å². The molecule has 0 radical (unpaired) electrons. The summed E-state index contributed by atoms with van der Waals surface area (Å²) in [6.45, 7) is 10.2. The van der Waals surface area contributed by atoms with Crippen LogP contribution in [0.5, 0.6) is 0 Å². The molecule has 0 bridgehead atoms. The van der Waals surface area contributed by atoms with E-state index in [0.29, 0.717) is 18.9 Å². The van der Waals surface area contributed by atoms with Gasteiger partial charge in [-0.25, -0.2) is 4.79 Å². The molecule has 3 nitrogen and oxygen atoms in total. The Morgan fingerprint density at radius 1 is 1.21 bits per heavy atom. The molecular formula is C11H22O3. The van der Waals surface area contributed by atoms with E-state index in [-0.39, 0.29) is 12.1 Å². The van der Waals surface area contributed by atoms with Crippen LogP contribution in [0.3, 0.4) is 0 Å². The second kappa shape index (κ2) is 6.82. The summed E-state index contributed by atoms with van der Waals surface area (Å²) in [7, 11) is 0. The van der Waals surface area contributed by atoms with E-state index < -0.39 is 6.10 Å². The minimum atomic E-state index is -0.409. The largest absolute Gasteiger partial charge is 0.463 e. The van der Waals surface area contributed by atoms with Crippen LogP contribution >= 0.6 is 0 Å². The van der Waals surface area contributed by atoms with Crippen LogP contribution in [0.25, 0.3) is 0 Å². The summed E-state index contributed by atoms with van der Waals surface area (Å²) in [6.07, 6.45) is 0.315. The summed E-state index contributed by atoms with van der Waals surface area (Å²) < 4.78 is 10.5. The first-order chi connectivity index (χ1) is 6.47. The molecule has 0 saturated carbocycles. The molecular weight excluding hydrogens is 180 g/mol. The number of hydrogen-bond acceptors (Lipinski definition) is 3. The number of ether oxygens (including phenoxy) is 2. The van der Waals surface area contributed by atoms with Crippen LogP contribution in [0.15, 0.2) is 0 Å². The van der Waals surface area contributed by atoms with Crippen molar-refractivity contribution in [2.75, 3.05) is 6.61 Å². The zero-order chi connectivity index (χ0) is 11.1. The molecule has 0 spiro atoms. The Balaban J connectivity index is 3.92. The normalized spacial score (nSPS) is 13.4. The number of carbonyl (C=O) groups excluding carboxylic acids is 1. The van der Waals surface area contributed by atoms with Crippen molar-refractivity contribution in [3.63, 3.8) is 0 Å². The van der Waals surface area contributed by atoms with Crippen LogP contribution < -0.4 is 0 Å². The Kier molecular flexibility index (Phi) is 6.54. The summed E-state index contributed by atoms with van der Waals surface area (Å²) in [5.74, 6) is 0.130. The molecule has 0 aliphatic carbocycles. The number of esters is 1. The van der Waals surface area contributed by atoms with Crippen molar-refractivity contribution < 1.29 is 14.3 Å². The molecule has 0 N–H and O–H groups in total. The molecule has 0 amide bonds. The van der Waals surface area contributed by atoms with Crippen molar-refractivity contribution in [3.8, 4) is 0 Å². The summed E-state index contributed by atoms with van der Waals surface area (Å²) in [5, 5.41) is 0. The molecule has 0 saturated heterocycles. The van der Waals surface area contributed by atoms with Crippen LogP contribution in [-0.4, -0.2) is 24.8 Å². The molecule has 1 atom stereocenters. The van der Waals surface area contributed by atoms with Crippen LogP contribution in [0.1, 0.15) is 41.0 Å². The van der Waals surface area contributed by atoms with Gasteiger partial charge in [-0.3, -0.25) is 0 Å². The molecule has 0 aromatic carbocycles. The van der Waals surface area contributed by atoms with Crippen molar-refractivity contribution >= 4 is 5.97 Å². The maximum absolute atomic E-state index is 11.5. The maximum atomic E-state index is 11.5. The number of carbonyl (C=O) groups is 1. The Labute approximate surface area is 86.8 Å². The van der Waals surface area contributed by atoms with Crippen LogP contribution in [0.2, 0.25) is 0 Å². The fraction of sp³-hybridized carbons (Fsp3) is 0.909. The molecule has 3 heteroatoms. The fourth-order valence-corrected chi connectivity index (χ4v) is 0.989. The van der Waals surface area contributed by atoms with Crippen molar-refractivity contribution in [1.29, 1.82) is 0 Å². The van der Waals surface area contributed by atoms with E-state index in [1.807, 2.05) is 34.6 Å². The number of hydrogen-bond donors (Lipinski definition) is 0. The summed E-state index contributed by atoms with van der Waals surface area (Å²) in [4.78, 5) is 11.5. The molecule has 14 heavy (non-hydrogen) atoms. The molecule has 84 valence electrons. The van der Waals surface area contributed by atoms with Crippen LogP contribution in [0.4, 0.5) is 0 Å². The molecule has 0 rings (SSSR count). The predicted molar refractivity (Wildman–Crippen MR) is 56.1 cm³/mol. The maximum Gasteiger partial charge on any atom is 0.335 e. The van der Waals surface area contributed by atoms with Gasteiger partial charge in [-0.05, 0) is 26.2 Å². The van der Waals surface area contributed by atoms with E-state index in [1.54, 1.807) is 0 Å². The first kappa shape index (κ1) is 13.4. The third-order valence-electron chi connectivity index (χ3n) is 1.63. The first-order valence-corrected chi connectivity index (χ1v) is 5.29. The van der Waals surface area contributed by atoms with Gasteiger partial charge in [0.05, 0.1) is 12.7 Å². The third-order valence-corrected chi connectivity index (χ3v) is 1.63. The summed E-state index contributed by atoms with van der Waals surface area (Å²) in [6, 6.07) is 0. The first-order valence-electron chi connectivity index (χ1n) is 5.29. The molecule has 0 heterocycles. The smallest absolute Gasteiger partial charge is 0.335 e. The summed E-state index contributed by atoms with van der Waals surface area (Å²) >= 11 is 0. The molecule has 1 unspecified atom stereocenters. The fourth-order valence-electron chi connectivity index (χ4n) is 0.989. The van der Waals surface area contributed by atoms with Crippen LogP contribution in [0, 0.1) is 5.92 Å². The van der Waals surface area contributed by atoms with Gasteiger partial charge < -0.3 is 9.47 Å². The molecule has 0 aromatic rings. The zero-order valence-corrected chi connectivity index (χ0v) is 9.87. The molecule has 0 fully saturated rings. The lowest BCUT2D eigenvalue weighted by atomic mass is 10.2. The summed E-state index contributed by atoms with van der Waals surface area (Å²) in [5.41, 5.74) is 0. The minimum Gasteiger partial charge on any atom is -0.463 e. The predicted octanol–water partition coefficient (Wildman–Crippen LogP) is 2.39. The van der Waals surface area contributed by atoms with Gasteiger partial charge >= 0.3 is 5.97 Å². The lowest BCUT2D eigenvalue weighted by Crippen LogP contribution is -2.29. The second-order valence-electron chi connectivity index (χ2n) is 4.11. The van der Waals surface area contributed by atoms with E-state index in [9.17, 15) is 4.79 Å². The van der Waals surface area contributed by atoms with E-state index in [4.69, 9.17) is 9.47 Å². The van der Waals surface area contributed by atoms with Crippen LogP contribution in [-0.2, 0) is 14.3 Å². The van der Waals surface area contributed by atoms with Gasteiger partial charge in [-0.1, -0.05) is 20.8 Å². The Hall–Kier alpha value is -0.570. The van der Waals surface area contributed by atoms with Crippen molar-refractivity contribution in [3.05, 3.63) is 0 Å². The van der Waals surface area contributed by atoms with E-state index >= 15 is 0 Å². The third kappa shape index (κ3) is 5.97. The minimum absolute atomic E-state index is 0.0616. The highest BCUT2D eigenvalue weighted by molar-refractivity contribution is 5.74.